The molecule has 2 aromatic heterocycles. The van der Waals surface area contributed by atoms with E-state index in [1.165, 1.54) is 22.9 Å². The Kier molecular flexibility index (Phi) is 5.76. The first-order valence-electron chi connectivity index (χ1n) is 11.6. The summed E-state index contributed by atoms with van der Waals surface area (Å²) < 4.78 is 0. The molecular weight excluding hydrogens is 499 g/mol. The van der Waals surface area contributed by atoms with Crippen LogP contribution in [-0.4, -0.2) is 28.0 Å². The van der Waals surface area contributed by atoms with Gasteiger partial charge in [0.1, 0.15) is 5.82 Å². The number of benzene rings is 2. The van der Waals surface area contributed by atoms with Gasteiger partial charge in [-0.15, -0.1) is 0 Å². The van der Waals surface area contributed by atoms with Gasteiger partial charge < -0.3 is 16.4 Å². The Morgan fingerprint density at radius 2 is 1.83 bits per heavy atom. The van der Waals surface area contributed by atoms with Crippen molar-refractivity contribution in [3.8, 4) is 0 Å². The van der Waals surface area contributed by atoms with Gasteiger partial charge in [-0.25, -0.2) is 4.98 Å². The van der Waals surface area contributed by atoms with Gasteiger partial charge in [-0.05, 0) is 54.0 Å². The number of rotatable bonds is 3. The van der Waals surface area contributed by atoms with E-state index in [1.54, 1.807) is 12.3 Å². The van der Waals surface area contributed by atoms with Gasteiger partial charge in [-0.2, -0.15) is 9.97 Å². The van der Waals surface area contributed by atoms with E-state index in [0.717, 1.165) is 47.5 Å². The molecule has 2 aliphatic rings. The maximum Gasteiger partial charge on any atom is 0.229 e. The van der Waals surface area contributed by atoms with Gasteiger partial charge in [0.2, 0.25) is 5.95 Å². The molecule has 1 aliphatic carbocycles. The lowest BCUT2D eigenvalue weighted by Gasteiger charge is -2.42. The monoisotopic (exact) mass is 522 g/mol. The molecule has 0 unspecified atom stereocenters. The van der Waals surface area contributed by atoms with Gasteiger partial charge in [0.05, 0.1) is 15.4 Å². The third-order valence-corrected chi connectivity index (χ3v) is 9.27. The number of anilines is 2. The van der Waals surface area contributed by atoms with Crippen molar-refractivity contribution >= 4 is 57.8 Å². The summed E-state index contributed by atoms with van der Waals surface area (Å²) in [5.41, 5.74) is 16.5. The summed E-state index contributed by atoms with van der Waals surface area (Å²) >= 11 is 14.0. The zero-order chi connectivity index (χ0) is 24.2. The van der Waals surface area contributed by atoms with E-state index >= 15 is 0 Å². The quantitative estimate of drug-likeness (QED) is 0.345. The van der Waals surface area contributed by atoms with Gasteiger partial charge in [0.15, 0.2) is 5.65 Å². The summed E-state index contributed by atoms with van der Waals surface area (Å²) in [6.45, 7) is 1.68. The average Bonchev–Trinajstić information content (AvgIpc) is 3.14. The predicted molar refractivity (Wildman–Crippen MR) is 143 cm³/mol. The second-order valence-corrected chi connectivity index (χ2v) is 11.2. The second kappa shape index (κ2) is 8.82. The number of pyridine rings is 1. The van der Waals surface area contributed by atoms with Crippen LogP contribution in [0, 0.1) is 5.41 Å². The third kappa shape index (κ3) is 4.00. The van der Waals surface area contributed by atoms with Crippen LogP contribution in [-0.2, 0) is 6.42 Å². The zero-order valence-electron chi connectivity index (χ0n) is 18.9. The smallest absolute Gasteiger partial charge is 0.229 e. The highest BCUT2D eigenvalue weighted by Gasteiger charge is 2.46. The number of nitrogens with two attached hydrogens (primary N) is 2. The number of nitrogen functional groups attached to an aromatic ring is 1. The molecule has 4 N–H and O–H groups in total. The van der Waals surface area contributed by atoms with Gasteiger partial charge in [-0.1, -0.05) is 65.3 Å². The summed E-state index contributed by atoms with van der Waals surface area (Å²) in [4.78, 5) is 17.9. The minimum absolute atomic E-state index is 0.0778. The lowest BCUT2D eigenvalue weighted by atomic mass is 9.73. The van der Waals surface area contributed by atoms with E-state index in [4.69, 9.17) is 39.7 Å². The molecular formula is C26H24Cl2N6S. The fraction of sp³-hybridized carbons (Fsp3) is 0.269. The molecule has 6 rings (SSSR count). The Balaban J connectivity index is 1.22. The van der Waals surface area contributed by atoms with Crippen LogP contribution >= 0.6 is 35.0 Å². The fourth-order valence-electron chi connectivity index (χ4n) is 5.35. The molecule has 178 valence electrons. The molecule has 35 heavy (non-hydrogen) atoms. The lowest BCUT2D eigenvalue weighted by molar-refractivity contribution is 0.187. The van der Waals surface area contributed by atoms with E-state index in [1.807, 2.05) is 18.2 Å². The minimum atomic E-state index is 0.0778. The standard InChI is InChI=1S/C26H24Cl2N6S/c27-19-6-3-7-20(21(19)28)35-16-12-18-23(30)32-25(33-24(18)31-14-16)34-10-8-26(9-11-34)13-15-4-1-2-5-17(15)22(26)29/h1-7,12,14,22H,8-11,13,29H2,(H2,30,31,32,33)/t22-/m1/s1. The normalized spacial score (nSPS) is 18.8. The van der Waals surface area contributed by atoms with Crippen LogP contribution in [0.1, 0.15) is 30.0 Å². The van der Waals surface area contributed by atoms with Crippen LogP contribution < -0.4 is 16.4 Å². The van der Waals surface area contributed by atoms with Gasteiger partial charge >= 0.3 is 0 Å². The predicted octanol–water partition coefficient (Wildman–Crippen LogP) is 5.91. The van der Waals surface area contributed by atoms with Gasteiger partial charge in [0, 0.05) is 35.1 Å². The van der Waals surface area contributed by atoms with E-state index < -0.39 is 0 Å². The Bertz CT molecular complexity index is 1440. The molecule has 0 saturated carbocycles. The number of hydrogen-bond donors (Lipinski definition) is 2. The summed E-state index contributed by atoms with van der Waals surface area (Å²) in [5.74, 6) is 1.04. The van der Waals surface area contributed by atoms with Gasteiger partial charge in [0.25, 0.3) is 0 Å². The van der Waals surface area contributed by atoms with Crippen molar-refractivity contribution < 1.29 is 0 Å². The molecule has 0 bridgehead atoms. The largest absolute Gasteiger partial charge is 0.383 e. The number of nitrogens with zero attached hydrogens (tertiary/aromatic N) is 4. The Labute approximate surface area is 218 Å². The molecule has 3 heterocycles. The van der Waals surface area contributed by atoms with Crippen molar-refractivity contribution in [3.05, 3.63) is 75.9 Å². The van der Waals surface area contributed by atoms with Crippen LogP contribution in [0.2, 0.25) is 10.0 Å². The topological polar surface area (TPSA) is 94.0 Å². The first-order chi connectivity index (χ1) is 16.9. The molecule has 0 amide bonds. The highest BCUT2D eigenvalue weighted by molar-refractivity contribution is 7.99. The van der Waals surface area contributed by atoms with E-state index in [0.29, 0.717) is 27.5 Å². The maximum atomic E-state index is 6.73. The summed E-state index contributed by atoms with van der Waals surface area (Å²) in [6, 6.07) is 16.2. The molecule has 1 spiro atoms. The number of halogens is 2. The van der Waals surface area contributed by atoms with Crippen LogP contribution in [0.3, 0.4) is 0 Å². The lowest BCUT2D eigenvalue weighted by Crippen LogP contribution is -2.45. The van der Waals surface area contributed by atoms with Gasteiger partial charge in [-0.3, -0.25) is 0 Å². The Morgan fingerprint density at radius 1 is 1.03 bits per heavy atom. The molecule has 2 aromatic carbocycles. The molecule has 0 radical (unpaired) electrons. The first kappa shape index (κ1) is 22.9. The number of hydrogen-bond acceptors (Lipinski definition) is 7. The van der Waals surface area contributed by atoms with Crippen LogP contribution in [0.5, 0.6) is 0 Å². The molecule has 9 heteroatoms. The van der Waals surface area contributed by atoms with E-state index in [2.05, 4.69) is 39.1 Å². The Hall–Kier alpha value is -2.58. The first-order valence-corrected chi connectivity index (χ1v) is 13.1. The second-order valence-electron chi connectivity index (χ2n) is 9.31. The summed E-state index contributed by atoms with van der Waals surface area (Å²) in [7, 11) is 0. The van der Waals surface area contributed by atoms with Crippen molar-refractivity contribution in [2.24, 2.45) is 11.1 Å². The number of piperidine rings is 1. The van der Waals surface area contributed by atoms with Crippen LogP contribution in [0.15, 0.2) is 64.5 Å². The summed E-state index contributed by atoms with van der Waals surface area (Å²) in [5, 5.41) is 1.76. The minimum Gasteiger partial charge on any atom is -0.383 e. The third-order valence-electron chi connectivity index (χ3n) is 7.32. The number of fused-ring (bicyclic) bond motifs is 2. The van der Waals surface area contributed by atoms with Crippen molar-refractivity contribution in [1.82, 2.24) is 15.0 Å². The van der Waals surface area contributed by atoms with E-state index in [9.17, 15) is 0 Å². The average molecular weight is 523 g/mol. The van der Waals surface area contributed by atoms with Crippen molar-refractivity contribution in [2.45, 2.75) is 35.1 Å². The maximum absolute atomic E-state index is 6.73. The number of aromatic nitrogens is 3. The van der Waals surface area contributed by atoms with Crippen molar-refractivity contribution in [2.75, 3.05) is 23.7 Å². The molecule has 4 aromatic rings. The van der Waals surface area contributed by atoms with E-state index in [-0.39, 0.29) is 11.5 Å². The molecule has 1 fully saturated rings. The van der Waals surface area contributed by atoms with Crippen LogP contribution in [0.4, 0.5) is 11.8 Å². The highest BCUT2D eigenvalue weighted by Crippen LogP contribution is 2.51. The summed E-state index contributed by atoms with van der Waals surface area (Å²) in [6.07, 6.45) is 4.80. The Morgan fingerprint density at radius 3 is 2.63 bits per heavy atom. The molecule has 1 saturated heterocycles. The van der Waals surface area contributed by atoms with Crippen LogP contribution in [0.25, 0.3) is 11.0 Å². The zero-order valence-corrected chi connectivity index (χ0v) is 21.2. The SMILES string of the molecule is Nc1nc(N2CCC3(CC2)Cc2ccccc2[C@H]3N)nc2ncc(Sc3cccc(Cl)c3Cl)cc12. The highest BCUT2D eigenvalue weighted by atomic mass is 35.5. The van der Waals surface area contributed by atoms with Crippen molar-refractivity contribution in [1.29, 1.82) is 0 Å². The molecule has 6 nitrogen and oxygen atoms in total. The van der Waals surface area contributed by atoms with Crippen molar-refractivity contribution in [3.63, 3.8) is 0 Å². The molecule has 1 atom stereocenters. The molecule has 1 aliphatic heterocycles. The fourth-order valence-corrected chi connectivity index (χ4v) is 6.70.